The fourth-order valence-electron chi connectivity index (χ4n) is 3.98. The molecule has 8 nitrogen and oxygen atoms in total. The highest BCUT2D eigenvalue weighted by Crippen LogP contribution is 2.27. The van der Waals surface area contributed by atoms with Crippen LogP contribution in [-0.4, -0.2) is 53.0 Å². The summed E-state index contributed by atoms with van der Waals surface area (Å²) in [5.41, 5.74) is 0.459. The van der Waals surface area contributed by atoms with E-state index in [0.29, 0.717) is 43.6 Å². The van der Waals surface area contributed by atoms with Gasteiger partial charge < -0.3 is 20.0 Å². The molecule has 0 radical (unpaired) electrons. The van der Waals surface area contributed by atoms with E-state index in [1.165, 1.54) is 4.57 Å². The lowest BCUT2D eigenvalue weighted by Crippen LogP contribution is -2.61. The Balaban J connectivity index is 1.45. The Morgan fingerprint density at radius 1 is 1.14 bits per heavy atom. The van der Waals surface area contributed by atoms with E-state index in [1.807, 2.05) is 0 Å². The van der Waals surface area contributed by atoms with Crippen molar-refractivity contribution in [3.05, 3.63) is 34.8 Å². The van der Waals surface area contributed by atoms with Crippen LogP contribution < -0.4 is 16.4 Å². The summed E-state index contributed by atoms with van der Waals surface area (Å²) in [4.78, 5) is 39.3. The Morgan fingerprint density at radius 2 is 1.86 bits per heavy atom. The Labute approximate surface area is 162 Å². The summed E-state index contributed by atoms with van der Waals surface area (Å²) in [6.45, 7) is 6.51. The molecular formula is C20H26N4O4. The van der Waals surface area contributed by atoms with Gasteiger partial charge in [-0.05, 0) is 30.4 Å². The van der Waals surface area contributed by atoms with Gasteiger partial charge in [0.05, 0.1) is 5.52 Å². The molecule has 1 aromatic heterocycles. The molecule has 0 saturated carbocycles. The molecule has 8 heteroatoms. The van der Waals surface area contributed by atoms with Crippen LogP contribution in [0.5, 0.6) is 0 Å². The molecule has 2 fully saturated rings. The fraction of sp³-hybridized carbons (Fsp3) is 0.550. The number of carbonyl (C=O) groups excluding carboxylic acids is 2. The summed E-state index contributed by atoms with van der Waals surface area (Å²) in [7, 11) is 0. The second kappa shape index (κ2) is 6.77. The van der Waals surface area contributed by atoms with E-state index in [0.717, 1.165) is 6.54 Å². The lowest BCUT2D eigenvalue weighted by molar-refractivity contribution is -0.137. The maximum Gasteiger partial charge on any atom is 0.420 e. The van der Waals surface area contributed by atoms with Crippen molar-refractivity contribution in [1.29, 1.82) is 0 Å². The highest BCUT2D eigenvalue weighted by molar-refractivity contribution is 5.87. The third kappa shape index (κ3) is 3.32. The molecule has 2 amide bonds. The van der Waals surface area contributed by atoms with Gasteiger partial charge in [0, 0.05) is 26.2 Å². The second-order valence-corrected chi connectivity index (χ2v) is 8.59. The number of carbonyl (C=O) groups is 2. The SMILES string of the molecule is CC1(C)CNC(=O)C2(CCN(C(=O)Cn3c(=O)oc4ccccc43)CC2)NC1. The van der Waals surface area contributed by atoms with E-state index in [-0.39, 0.29) is 23.8 Å². The van der Waals surface area contributed by atoms with E-state index in [2.05, 4.69) is 24.5 Å². The van der Waals surface area contributed by atoms with Crippen LogP contribution >= 0.6 is 0 Å². The minimum Gasteiger partial charge on any atom is -0.408 e. The van der Waals surface area contributed by atoms with Gasteiger partial charge in [0.15, 0.2) is 5.58 Å². The molecule has 2 N–H and O–H groups in total. The summed E-state index contributed by atoms with van der Waals surface area (Å²) < 4.78 is 6.56. The van der Waals surface area contributed by atoms with Gasteiger partial charge in [0.1, 0.15) is 12.1 Å². The van der Waals surface area contributed by atoms with Crippen molar-refractivity contribution < 1.29 is 14.0 Å². The van der Waals surface area contributed by atoms with Gasteiger partial charge in [-0.3, -0.25) is 14.2 Å². The van der Waals surface area contributed by atoms with Gasteiger partial charge >= 0.3 is 5.76 Å². The van der Waals surface area contributed by atoms with Crippen LogP contribution in [0.4, 0.5) is 0 Å². The Kier molecular flexibility index (Phi) is 4.53. The number of rotatable bonds is 2. The van der Waals surface area contributed by atoms with E-state index >= 15 is 0 Å². The number of nitrogens with one attached hydrogen (secondary N) is 2. The van der Waals surface area contributed by atoms with Crippen molar-refractivity contribution in [2.24, 2.45) is 5.41 Å². The third-order valence-corrected chi connectivity index (χ3v) is 5.90. The topological polar surface area (TPSA) is 96.6 Å². The number of para-hydroxylation sites is 2. The van der Waals surface area contributed by atoms with Gasteiger partial charge in [0.25, 0.3) is 0 Å². The molecule has 150 valence electrons. The second-order valence-electron chi connectivity index (χ2n) is 8.59. The number of aromatic nitrogens is 1. The van der Waals surface area contributed by atoms with E-state index in [4.69, 9.17) is 4.42 Å². The normalized spacial score (nSPS) is 21.5. The smallest absolute Gasteiger partial charge is 0.408 e. The zero-order chi connectivity index (χ0) is 19.9. The van der Waals surface area contributed by atoms with E-state index in [9.17, 15) is 14.4 Å². The quantitative estimate of drug-likeness (QED) is 0.792. The molecule has 4 rings (SSSR count). The van der Waals surface area contributed by atoms with Gasteiger partial charge in [-0.2, -0.15) is 0 Å². The first-order chi connectivity index (χ1) is 13.3. The summed E-state index contributed by atoms with van der Waals surface area (Å²) in [5.74, 6) is -0.657. The van der Waals surface area contributed by atoms with Crippen molar-refractivity contribution in [2.45, 2.75) is 38.8 Å². The molecule has 0 atom stereocenters. The minimum atomic E-state index is -0.621. The van der Waals surface area contributed by atoms with Crippen LogP contribution in [0.2, 0.25) is 0 Å². The van der Waals surface area contributed by atoms with Crippen LogP contribution in [0.3, 0.4) is 0 Å². The van der Waals surface area contributed by atoms with Gasteiger partial charge in [-0.15, -0.1) is 0 Å². The zero-order valence-electron chi connectivity index (χ0n) is 16.3. The van der Waals surface area contributed by atoms with Gasteiger partial charge in [-0.1, -0.05) is 26.0 Å². The highest BCUT2D eigenvalue weighted by Gasteiger charge is 2.44. The Morgan fingerprint density at radius 3 is 2.61 bits per heavy atom. The fourth-order valence-corrected chi connectivity index (χ4v) is 3.98. The lowest BCUT2D eigenvalue weighted by atomic mass is 9.86. The first kappa shape index (κ1) is 18.7. The molecule has 0 unspecified atom stereocenters. The molecule has 2 aromatic rings. The van der Waals surface area contributed by atoms with Crippen LogP contribution in [0.15, 0.2) is 33.5 Å². The number of piperidine rings is 1. The molecule has 0 bridgehead atoms. The van der Waals surface area contributed by atoms with Crippen LogP contribution in [-0.2, 0) is 16.1 Å². The predicted octanol–water partition coefficient (Wildman–Crippen LogP) is 0.701. The standard InChI is InChI=1S/C20H26N4O4/c1-19(2)12-21-17(26)20(22-13-19)7-9-23(10-8-20)16(25)11-24-14-5-3-4-6-15(14)28-18(24)27/h3-6,22H,7-13H2,1-2H3,(H,21,26). The Bertz CT molecular complexity index is 966. The van der Waals surface area contributed by atoms with Crippen molar-refractivity contribution in [3.8, 4) is 0 Å². The molecule has 2 aliphatic rings. The first-order valence-electron chi connectivity index (χ1n) is 9.69. The van der Waals surface area contributed by atoms with Crippen LogP contribution in [0, 0.1) is 5.41 Å². The molecule has 3 heterocycles. The van der Waals surface area contributed by atoms with E-state index < -0.39 is 11.3 Å². The van der Waals surface area contributed by atoms with Gasteiger partial charge in [-0.25, -0.2) is 4.79 Å². The van der Waals surface area contributed by atoms with Crippen LogP contribution in [0.25, 0.3) is 11.1 Å². The number of hydrogen-bond donors (Lipinski definition) is 2. The largest absolute Gasteiger partial charge is 0.420 e. The summed E-state index contributed by atoms with van der Waals surface area (Å²) in [5, 5.41) is 6.50. The number of amides is 2. The third-order valence-electron chi connectivity index (χ3n) is 5.90. The molecule has 2 saturated heterocycles. The predicted molar refractivity (Wildman–Crippen MR) is 104 cm³/mol. The maximum absolute atomic E-state index is 12.8. The van der Waals surface area contributed by atoms with E-state index in [1.54, 1.807) is 29.2 Å². The average Bonchev–Trinajstić information content (AvgIpc) is 2.94. The number of oxazole rings is 1. The molecule has 1 spiro atoms. The molecule has 2 aliphatic heterocycles. The molecular weight excluding hydrogens is 360 g/mol. The minimum absolute atomic E-state index is 0.00435. The van der Waals surface area contributed by atoms with Crippen molar-refractivity contribution in [2.75, 3.05) is 26.2 Å². The van der Waals surface area contributed by atoms with Crippen LogP contribution in [0.1, 0.15) is 26.7 Å². The number of benzene rings is 1. The zero-order valence-corrected chi connectivity index (χ0v) is 16.3. The number of fused-ring (bicyclic) bond motifs is 1. The Hall–Kier alpha value is -2.61. The summed E-state index contributed by atoms with van der Waals surface area (Å²) >= 11 is 0. The van der Waals surface area contributed by atoms with Crippen molar-refractivity contribution in [1.82, 2.24) is 20.1 Å². The molecule has 1 aromatic carbocycles. The number of likely N-dealkylation sites (tertiary alicyclic amines) is 1. The summed E-state index contributed by atoms with van der Waals surface area (Å²) in [6, 6.07) is 7.06. The number of hydrogen-bond acceptors (Lipinski definition) is 5. The monoisotopic (exact) mass is 386 g/mol. The first-order valence-corrected chi connectivity index (χ1v) is 9.69. The average molecular weight is 386 g/mol. The lowest BCUT2D eigenvalue weighted by Gasteiger charge is -2.40. The highest BCUT2D eigenvalue weighted by atomic mass is 16.4. The van der Waals surface area contributed by atoms with Crippen molar-refractivity contribution >= 4 is 22.9 Å². The van der Waals surface area contributed by atoms with Crippen molar-refractivity contribution in [3.63, 3.8) is 0 Å². The molecule has 28 heavy (non-hydrogen) atoms. The maximum atomic E-state index is 12.8. The number of nitrogens with zero attached hydrogens (tertiary/aromatic N) is 2. The summed E-state index contributed by atoms with van der Waals surface area (Å²) in [6.07, 6.45) is 1.11. The van der Waals surface area contributed by atoms with Gasteiger partial charge in [0.2, 0.25) is 11.8 Å². The molecule has 0 aliphatic carbocycles.